The molecular weight excluding hydrogens is 290 g/mol. The fraction of sp³-hybridized carbons (Fsp3) is 0.529. The Morgan fingerprint density at radius 2 is 2.13 bits per heavy atom. The first-order valence-electron chi connectivity index (χ1n) is 8.31. The van der Waals surface area contributed by atoms with Crippen LogP contribution in [-0.2, 0) is 11.2 Å². The van der Waals surface area contributed by atoms with E-state index in [0.29, 0.717) is 24.2 Å². The number of tetrazole rings is 1. The molecule has 2 fully saturated rings. The zero-order chi connectivity index (χ0) is 15.8. The van der Waals surface area contributed by atoms with Crippen molar-refractivity contribution in [1.82, 2.24) is 25.1 Å². The average Bonchev–Trinajstić information content (AvgIpc) is 3.30. The van der Waals surface area contributed by atoms with Crippen LogP contribution < -0.4 is 0 Å². The number of rotatable bonds is 4. The van der Waals surface area contributed by atoms with Gasteiger partial charge in [0.15, 0.2) is 0 Å². The Labute approximate surface area is 135 Å². The van der Waals surface area contributed by atoms with Gasteiger partial charge in [-0.1, -0.05) is 30.3 Å². The molecule has 0 N–H and O–H groups in total. The molecule has 0 spiro atoms. The van der Waals surface area contributed by atoms with E-state index in [4.69, 9.17) is 0 Å². The first kappa shape index (κ1) is 14.4. The van der Waals surface area contributed by atoms with Crippen molar-refractivity contribution in [2.45, 2.75) is 44.7 Å². The highest BCUT2D eigenvalue weighted by molar-refractivity contribution is 5.81. The lowest BCUT2D eigenvalue weighted by Crippen LogP contribution is -2.43. The molecule has 23 heavy (non-hydrogen) atoms. The molecule has 0 radical (unpaired) electrons. The minimum Gasteiger partial charge on any atom is -0.338 e. The first-order chi connectivity index (χ1) is 11.2. The standard InChI is InChI=1S/C17H21N5O/c1-12-18-19-20-22(12)16(10-13-5-3-2-4-6-13)17(23)21-11-14-7-8-15(21)9-14/h2-6,14-16H,7-11H2,1H3/t14-,15-,16-/m0/s1. The lowest BCUT2D eigenvalue weighted by atomic mass is 10.0. The summed E-state index contributed by atoms with van der Waals surface area (Å²) in [5.41, 5.74) is 1.13. The van der Waals surface area contributed by atoms with E-state index in [-0.39, 0.29) is 11.9 Å². The van der Waals surface area contributed by atoms with Gasteiger partial charge in [-0.15, -0.1) is 5.10 Å². The van der Waals surface area contributed by atoms with E-state index < -0.39 is 0 Å². The summed E-state index contributed by atoms with van der Waals surface area (Å²) in [6, 6.07) is 10.2. The van der Waals surface area contributed by atoms with Crippen molar-refractivity contribution in [3.05, 3.63) is 41.7 Å². The van der Waals surface area contributed by atoms with Crippen LogP contribution in [0.15, 0.2) is 30.3 Å². The fourth-order valence-electron chi connectivity index (χ4n) is 4.03. The summed E-state index contributed by atoms with van der Waals surface area (Å²) >= 11 is 0. The molecule has 120 valence electrons. The summed E-state index contributed by atoms with van der Waals surface area (Å²) in [5, 5.41) is 11.8. The van der Waals surface area contributed by atoms with Gasteiger partial charge in [-0.3, -0.25) is 4.79 Å². The topological polar surface area (TPSA) is 63.9 Å². The second kappa shape index (κ2) is 5.76. The van der Waals surface area contributed by atoms with Crippen LogP contribution in [-0.4, -0.2) is 43.6 Å². The minimum absolute atomic E-state index is 0.163. The summed E-state index contributed by atoms with van der Waals surface area (Å²) < 4.78 is 1.68. The van der Waals surface area contributed by atoms with Gasteiger partial charge in [0.05, 0.1) is 0 Å². The van der Waals surface area contributed by atoms with Gasteiger partial charge in [0, 0.05) is 19.0 Å². The molecule has 1 aromatic heterocycles. The maximum atomic E-state index is 13.2. The van der Waals surface area contributed by atoms with E-state index in [1.807, 2.05) is 25.1 Å². The lowest BCUT2D eigenvalue weighted by molar-refractivity contribution is -0.136. The van der Waals surface area contributed by atoms with Gasteiger partial charge in [-0.2, -0.15) is 0 Å². The predicted octanol–water partition coefficient (Wildman–Crippen LogP) is 1.78. The monoisotopic (exact) mass is 311 g/mol. The molecule has 2 bridgehead atoms. The number of amides is 1. The molecule has 1 saturated carbocycles. The quantitative estimate of drug-likeness (QED) is 0.863. The summed E-state index contributed by atoms with van der Waals surface area (Å²) in [5.74, 6) is 1.54. The number of aryl methyl sites for hydroxylation is 1. The number of nitrogens with zero attached hydrogens (tertiary/aromatic N) is 5. The van der Waals surface area contributed by atoms with Crippen molar-refractivity contribution < 1.29 is 4.79 Å². The number of hydrogen-bond acceptors (Lipinski definition) is 4. The summed E-state index contributed by atoms with van der Waals surface area (Å²) in [4.78, 5) is 15.3. The van der Waals surface area contributed by atoms with Crippen molar-refractivity contribution >= 4 is 5.91 Å². The van der Waals surface area contributed by atoms with Crippen molar-refractivity contribution in [2.24, 2.45) is 5.92 Å². The molecule has 1 amide bonds. The number of piperidine rings is 1. The molecule has 1 saturated heterocycles. The highest BCUT2D eigenvalue weighted by atomic mass is 16.2. The van der Waals surface area contributed by atoms with Crippen LogP contribution in [0.4, 0.5) is 0 Å². The Morgan fingerprint density at radius 3 is 2.74 bits per heavy atom. The molecule has 2 heterocycles. The SMILES string of the molecule is Cc1nnnn1[C@@H](Cc1ccccc1)C(=O)N1C[C@H]2CC[C@H]1C2. The summed E-state index contributed by atoms with van der Waals surface area (Å²) in [6.45, 7) is 2.75. The van der Waals surface area contributed by atoms with Crippen LogP contribution in [0.25, 0.3) is 0 Å². The van der Waals surface area contributed by atoms with E-state index in [9.17, 15) is 4.79 Å². The Morgan fingerprint density at radius 1 is 1.30 bits per heavy atom. The summed E-state index contributed by atoms with van der Waals surface area (Å²) in [7, 11) is 0. The van der Waals surface area contributed by atoms with E-state index >= 15 is 0 Å². The number of benzene rings is 1. The maximum Gasteiger partial charge on any atom is 0.248 e. The van der Waals surface area contributed by atoms with E-state index in [1.54, 1.807) is 4.68 Å². The third kappa shape index (κ3) is 2.62. The smallest absolute Gasteiger partial charge is 0.248 e. The van der Waals surface area contributed by atoms with Crippen LogP contribution >= 0.6 is 0 Å². The van der Waals surface area contributed by atoms with Gasteiger partial charge in [-0.05, 0) is 48.1 Å². The molecule has 0 unspecified atom stereocenters. The van der Waals surface area contributed by atoms with Crippen LogP contribution in [0.2, 0.25) is 0 Å². The molecular formula is C17H21N5O. The van der Waals surface area contributed by atoms with Gasteiger partial charge >= 0.3 is 0 Å². The lowest BCUT2D eigenvalue weighted by Gasteiger charge is -2.31. The van der Waals surface area contributed by atoms with Crippen LogP contribution in [0.3, 0.4) is 0 Å². The van der Waals surface area contributed by atoms with E-state index in [0.717, 1.165) is 18.5 Å². The number of hydrogen-bond donors (Lipinski definition) is 0. The molecule has 3 atom stereocenters. The van der Waals surface area contributed by atoms with Crippen molar-refractivity contribution in [2.75, 3.05) is 6.54 Å². The Hall–Kier alpha value is -2.24. The Kier molecular flexibility index (Phi) is 3.59. The predicted molar refractivity (Wildman–Crippen MR) is 84.6 cm³/mol. The maximum absolute atomic E-state index is 13.2. The Balaban J connectivity index is 1.62. The molecule has 1 aliphatic carbocycles. The van der Waals surface area contributed by atoms with Gasteiger partial charge < -0.3 is 4.90 Å². The fourth-order valence-corrected chi connectivity index (χ4v) is 4.03. The number of aromatic nitrogens is 4. The largest absolute Gasteiger partial charge is 0.338 e. The molecule has 1 aliphatic heterocycles. The van der Waals surface area contributed by atoms with Crippen LogP contribution in [0.1, 0.15) is 36.7 Å². The highest BCUT2D eigenvalue weighted by Crippen LogP contribution is 2.38. The van der Waals surface area contributed by atoms with Crippen LogP contribution in [0.5, 0.6) is 0 Å². The summed E-state index contributed by atoms with van der Waals surface area (Å²) in [6.07, 6.45) is 4.20. The molecule has 6 nitrogen and oxygen atoms in total. The average molecular weight is 311 g/mol. The molecule has 2 aliphatic rings. The normalized spacial score (nSPS) is 24.1. The number of carbonyl (C=O) groups is 1. The van der Waals surface area contributed by atoms with Gasteiger partial charge in [0.25, 0.3) is 0 Å². The van der Waals surface area contributed by atoms with Gasteiger partial charge in [-0.25, -0.2) is 4.68 Å². The zero-order valence-electron chi connectivity index (χ0n) is 13.3. The van der Waals surface area contributed by atoms with Crippen molar-refractivity contribution in [3.8, 4) is 0 Å². The molecule has 4 rings (SSSR count). The minimum atomic E-state index is -0.355. The van der Waals surface area contributed by atoms with Crippen molar-refractivity contribution in [3.63, 3.8) is 0 Å². The zero-order valence-corrected chi connectivity index (χ0v) is 13.3. The number of fused-ring (bicyclic) bond motifs is 2. The third-order valence-corrected chi connectivity index (χ3v) is 5.20. The number of likely N-dealkylation sites (tertiary alicyclic amines) is 1. The van der Waals surface area contributed by atoms with E-state index in [1.165, 1.54) is 12.8 Å². The Bertz CT molecular complexity index is 698. The second-order valence-electron chi connectivity index (χ2n) is 6.70. The van der Waals surface area contributed by atoms with Gasteiger partial charge in [0.1, 0.15) is 11.9 Å². The third-order valence-electron chi connectivity index (χ3n) is 5.20. The van der Waals surface area contributed by atoms with Gasteiger partial charge in [0.2, 0.25) is 5.91 Å². The van der Waals surface area contributed by atoms with E-state index in [2.05, 4.69) is 32.6 Å². The first-order valence-corrected chi connectivity index (χ1v) is 8.31. The highest BCUT2D eigenvalue weighted by Gasteiger charge is 2.42. The molecule has 2 aromatic rings. The van der Waals surface area contributed by atoms with Crippen molar-refractivity contribution in [1.29, 1.82) is 0 Å². The molecule has 6 heteroatoms. The number of carbonyl (C=O) groups excluding carboxylic acids is 1. The molecule has 1 aromatic carbocycles. The van der Waals surface area contributed by atoms with Crippen LogP contribution in [0, 0.1) is 12.8 Å². The second-order valence-corrected chi connectivity index (χ2v) is 6.70.